The Balaban J connectivity index is 1.14. The van der Waals surface area contributed by atoms with Gasteiger partial charge >= 0.3 is 6.18 Å². The number of likely N-dealkylation sites (tertiary alicyclic amines) is 1. The molecule has 3 amide bonds. The van der Waals surface area contributed by atoms with Gasteiger partial charge in [-0.15, -0.1) is 17.9 Å². The summed E-state index contributed by atoms with van der Waals surface area (Å²) in [6.07, 6.45) is -2.41. The van der Waals surface area contributed by atoms with Crippen LogP contribution in [-0.2, 0) is 37.0 Å². The lowest BCUT2D eigenvalue weighted by Crippen LogP contribution is -2.58. The van der Waals surface area contributed by atoms with Gasteiger partial charge in [-0.2, -0.15) is 18.2 Å². The molecule has 0 unspecified atom stereocenters. The van der Waals surface area contributed by atoms with Crippen LogP contribution in [0.4, 0.5) is 18.3 Å². The van der Waals surface area contributed by atoms with E-state index in [0.717, 1.165) is 17.8 Å². The molecule has 5 aromatic rings. The number of anilines is 1. The van der Waals surface area contributed by atoms with E-state index < -0.39 is 74.4 Å². The first-order chi connectivity index (χ1) is 28.5. The molecule has 5 atom stereocenters. The summed E-state index contributed by atoms with van der Waals surface area (Å²) in [5, 5.41) is 8.37. The fraction of sp³-hybridized carbons (Fsp3) is 0.415. The van der Waals surface area contributed by atoms with Crippen molar-refractivity contribution in [3.63, 3.8) is 0 Å². The molecule has 1 aliphatic heterocycles. The lowest BCUT2D eigenvalue weighted by Gasteiger charge is -2.31. The highest BCUT2D eigenvalue weighted by Gasteiger charge is 2.62. The predicted molar refractivity (Wildman–Crippen MR) is 217 cm³/mol. The number of carbonyl (C=O) groups is 3. The van der Waals surface area contributed by atoms with Crippen LogP contribution in [0.3, 0.4) is 0 Å². The molecule has 60 heavy (non-hydrogen) atoms. The van der Waals surface area contributed by atoms with Crippen LogP contribution in [0.15, 0.2) is 71.0 Å². The molecular formula is C41H42F3N7O7S2. The van der Waals surface area contributed by atoms with E-state index in [1.807, 2.05) is 26.2 Å². The Morgan fingerprint density at radius 2 is 1.83 bits per heavy atom. The predicted octanol–water partition coefficient (Wildman–Crippen LogP) is 6.24. The third kappa shape index (κ3) is 7.91. The minimum atomic E-state index is -4.56. The number of nitrogens with one attached hydrogen (secondary N) is 3. The van der Waals surface area contributed by atoms with Gasteiger partial charge < -0.3 is 24.7 Å². The van der Waals surface area contributed by atoms with Gasteiger partial charge in [0.2, 0.25) is 27.4 Å². The number of para-hydroxylation sites is 1. The molecule has 0 spiro atoms. The van der Waals surface area contributed by atoms with E-state index in [4.69, 9.17) is 9.15 Å². The fourth-order valence-corrected chi connectivity index (χ4v) is 9.69. The SMILES string of the molecule is C=C[C@@H]1C[C@]1(NC(=O)[C@@H]1C[C@@H](Oc2nc(-c3ccc(C(F)(F)F)cc3)nc3c2oc2ccccc23)CN1C(=O)[C@@H](Nc1nc(CC)cs1)C(C)C)C(=O)NS(=O)(=O)C1CC1. The number of halogens is 3. The van der Waals surface area contributed by atoms with Crippen LogP contribution in [0.1, 0.15) is 57.7 Å². The molecule has 3 aliphatic rings. The van der Waals surface area contributed by atoms with Crippen LogP contribution in [0.2, 0.25) is 0 Å². The number of fused-ring (bicyclic) bond motifs is 3. The number of aromatic nitrogens is 3. The Morgan fingerprint density at radius 3 is 2.47 bits per heavy atom. The minimum absolute atomic E-state index is 0.0512. The number of furan rings is 1. The second-order valence-corrected chi connectivity index (χ2v) is 18.6. The zero-order valence-electron chi connectivity index (χ0n) is 32.8. The number of nitrogens with zero attached hydrogens (tertiary/aromatic N) is 4. The Kier molecular flexibility index (Phi) is 10.6. The van der Waals surface area contributed by atoms with Crippen LogP contribution in [0, 0.1) is 11.8 Å². The van der Waals surface area contributed by atoms with Crippen molar-refractivity contribution in [1.82, 2.24) is 29.9 Å². The molecule has 2 aliphatic carbocycles. The standard InChI is InChI=1S/C41H42F3N7O7S2/c1-5-23-18-40(23,38(54)50-60(55,56)27-15-16-27)49-35(52)29-17-26(19-51(29)37(53)31(21(3)4)47-39-45-25(6-2)20-59-39)57-36-33-32(28-9-7-8-10-30(28)58-33)46-34(48-36)22-11-13-24(14-12-22)41(42,43)44/h5,7-14,20-21,23,26-27,29,31H,1,6,15-19H2,2-4H3,(H,45,47)(H,49,52)(H,50,54)/t23-,26-,29+,31+,40-/m1/s1. The molecule has 8 rings (SSSR count). The maximum Gasteiger partial charge on any atom is 0.416 e. The molecular weight excluding hydrogens is 824 g/mol. The van der Waals surface area contributed by atoms with Crippen molar-refractivity contribution >= 4 is 66.3 Å². The third-order valence-electron chi connectivity index (χ3n) is 11.2. The van der Waals surface area contributed by atoms with Gasteiger partial charge in [-0.3, -0.25) is 19.1 Å². The summed E-state index contributed by atoms with van der Waals surface area (Å²) in [6, 6.07) is 9.36. The van der Waals surface area contributed by atoms with Crippen LogP contribution >= 0.6 is 11.3 Å². The number of ether oxygens (including phenoxy) is 1. The Hall–Kier alpha value is -5.56. The van der Waals surface area contributed by atoms with Gasteiger partial charge in [0.1, 0.15) is 34.8 Å². The molecule has 3 N–H and O–H groups in total. The van der Waals surface area contributed by atoms with Crippen LogP contribution in [-0.4, -0.2) is 81.5 Å². The topological polar surface area (TPSA) is 186 Å². The second kappa shape index (κ2) is 15.5. The minimum Gasteiger partial charge on any atom is -0.470 e. The van der Waals surface area contributed by atoms with Crippen LogP contribution < -0.4 is 20.1 Å². The first-order valence-electron chi connectivity index (χ1n) is 19.6. The number of amides is 3. The molecule has 2 saturated carbocycles. The lowest BCUT2D eigenvalue weighted by molar-refractivity contribution is -0.140. The molecule has 2 aromatic carbocycles. The number of benzene rings is 2. The van der Waals surface area contributed by atoms with Crippen molar-refractivity contribution < 1.29 is 45.1 Å². The van der Waals surface area contributed by atoms with Gasteiger partial charge in [0.25, 0.3) is 11.8 Å². The molecule has 0 bridgehead atoms. The van der Waals surface area contributed by atoms with E-state index >= 15 is 0 Å². The summed E-state index contributed by atoms with van der Waals surface area (Å²) in [7, 11) is -3.95. The van der Waals surface area contributed by atoms with E-state index in [1.165, 1.54) is 34.4 Å². The van der Waals surface area contributed by atoms with Crippen LogP contribution in [0.5, 0.6) is 5.88 Å². The molecule has 14 nitrogen and oxygen atoms in total. The van der Waals surface area contributed by atoms with Gasteiger partial charge in [-0.1, -0.05) is 51.1 Å². The van der Waals surface area contributed by atoms with Crippen molar-refractivity contribution in [2.75, 3.05) is 11.9 Å². The molecule has 316 valence electrons. The maximum absolute atomic E-state index is 14.7. The Labute approximate surface area is 347 Å². The summed E-state index contributed by atoms with van der Waals surface area (Å²) in [5.41, 5.74) is -0.405. The average Bonchev–Trinajstić information content (AvgIpc) is 4.05. The number of thiazole rings is 1. The summed E-state index contributed by atoms with van der Waals surface area (Å²) in [5.74, 6) is -2.89. The summed E-state index contributed by atoms with van der Waals surface area (Å²) >= 11 is 1.35. The smallest absolute Gasteiger partial charge is 0.416 e. The number of hydrogen-bond acceptors (Lipinski definition) is 12. The quantitative estimate of drug-likeness (QED) is 0.107. The number of rotatable bonds is 14. The first kappa shape index (κ1) is 41.2. The molecule has 4 heterocycles. The molecule has 3 aromatic heterocycles. The highest BCUT2D eigenvalue weighted by molar-refractivity contribution is 7.91. The van der Waals surface area contributed by atoms with E-state index in [9.17, 15) is 36.0 Å². The van der Waals surface area contributed by atoms with E-state index in [1.54, 1.807) is 24.3 Å². The zero-order valence-corrected chi connectivity index (χ0v) is 34.4. The zero-order chi connectivity index (χ0) is 42.7. The number of carbonyl (C=O) groups excluding carboxylic acids is 3. The summed E-state index contributed by atoms with van der Waals surface area (Å²) in [6.45, 7) is 9.32. The summed E-state index contributed by atoms with van der Waals surface area (Å²) in [4.78, 5) is 57.9. The fourth-order valence-electron chi connectivity index (χ4n) is 7.50. The monoisotopic (exact) mass is 865 g/mol. The van der Waals surface area contributed by atoms with E-state index in [-0.39, 0.29) is 48.2 Å². The number of sulfonamides is 1. The third-order valence-corrected chi connectivity index (χ3v) is 13.8. The van der Waals surface area contributed by atoms with Crippen LogP contribution in [0.25, 0.3) is 33.5 Å². The van der Waals surface area contributed by atoms with Crippen molar-refractivity contribution in [2.45, 2.75) is 88.0 Å². The van der Waals surface area contributed by atoms with Crippen molar-refractivity contribution in [3.05, 3.63) is 77.8 Å². The van der Waals surface area contributed by atoms with Gasteiger partial charge in [0.15, 0.2) is 11.0 Å². The van der Waals surface area contributed by atoms with Crippen molar-refractivity contribution in [3.8, 4) is 17.3 Å². The van der Waals surface area contributed by atoms with E-state index in [2.05, 4.69) is 36.9 Å². The van der Waals surface area contributed by atoms with Gasteiger partial charge in [-0.05, 0) is 55.9 Å². The molecule has 3 fully saturated rings. The Morgan fingerprint density at radius 1 is 1.10 bits per heavy atom. The number of aryl methyl sites for hydroxylation is 1. The largest absolute Gasteiger partial charge is 0.470 e. The maximum atomic E-state index is 14.7. The highest BCUT2D eigenvalue weighted by Crippen LogP contribution is 2.46. The van der Waals surface area contributed by atoms with Gasteiger partial charge in [-0.25, -0.2) is 18.4 Å². The second-order valence-electron chi connectivity index (χ2n) is 15.7. The van der Waals surface area contributed by atoms with Crippen molar-refractivity contribution in [1.29, 1.82) is 0 Å². The Bertz CT molecular complexity index is 2610. The molecule has 19 heteroatoms. The van der Waals surface area contributed by atoms with Gasteiger partial charge in [0, 0.05) is 28.7 Å². The summed E-state index contributed by atoms with van der Waals surface area (Å²) < 4.78 is 80.7. The number of hydrogen-bond donors (Lipinski definition) is 3. The normalized spacial score (nSPS) is 22.2. The lowest BCUT2D eigenvalue weighted by atomic mass is 10.0. The van der Waals surface area contributed by atoms with Gasteiger partial charge in [0.05, 0.1) is 23.1 Å². The first-order valence-corrected chi connectivity index (χ1v) is 22.0. The highest BCUT2D eigenvalue weighted by atomic mass is 32.2. The average molecular weight is 866 g/mol. The van der Waals surface area contributed by atoms with E-state index in [0.29, 0.717) is 40.9 Å². The molecule has 1 saturated heterocycles. The van der Waals surface area contributed by atoms with Crippen molar-refractivity contribution in [2.24, 2.45) is 11.8 Å². The molecule has 0 radical (unpaired) electrons. The number of alkyl halides is 3.